The predicted octanol–water partition coefficient (Wildman–Crippen LogP) is 2.92. The number of aromatic hydroxyl groups is 1. The monoisotopic (exact) mass is 311 g/mol. The third-order valence-corrected chi connectivity index (χ3v) is 4.12. The molecule has 1 heterocycles. The van der Waals surface area contributed by atoms with Gasteiger partial charge in [-0.1, -0.05) is 48.5 Å². The van der Waals surface area contributed by atoms with Crippen molar-refractivity contribution in [2.24, 2.45) is 0 Å². The Morgan fingerprint density at radius 3 is 2.57 bits per heavy atom. The van der Waals surface area contributed by atoms with E-state index in [9.17, 15) is 9.90 Å². The number of amides is 1. The summed E-state index contributed by atoms with van der Waals surface area (Å²) in [7, 11) is 0. The van der Waals surface area contributed by atoms with Crippen LogP contribution in [-0.4, -0.2) is 35.1 Å². The van der Waals surface area contributed by atoms with Crippen LogP contribution in [0.1, 0.15) is 24.2 Å². The number of para-hydroxylation sites is 1. The quantitative estimate of drug-likeness (QED) is 0.948. The van der Waals surface area contributed by atoms with Crippen molar-refractivity contribution >= 4 is 5.91 Å². The van der Waals surface area contributed by atoms with Crippen molar-refractivity contribution in [2.45, 2.75) is 25.6 Å². The van der Waals surface area contributed by atoms with Crippen LogP contribution in [0.25, 0.3) is 0 Å². The Hall–Kier alpha value is -2.33. The lowest BCUT2D eigenvalue weighted by Crippen LogP contribution is -2.46. The second-order valence-corrected chi connectivity index (χ2v) is 5.95. The molecule has 2 aromatic carbocycles. The summed E-state index contributed by atoms with van der Waals surface area (Å²) in [6.07, 6.45) is 0.0940. The zero-order chi connectivity index (χ0) is 16.2. The average molecular weight is 311 g/mol. The maximum atomic E-state index is 12.6. The van der Waals surface area contributed by atoms with Gasteiger partial charge in [-0.3, -0.25) is 4.79 Å². The van der Waals surface area contributed by atoms with Crippen molar-refractivity contribution in [3.63, 3.8) is 0 Å². The van der Waals surface area contributed by atoms with Crippen LogP contribution in [0, 0.1) is 0 Å². The Morgan fingerprint density at radius 1 is 1.13 bits per heavy atom. The fourth-order valence-electron chi connectivity index (χ4n) is 2.94. The van der Waals surface area contributed by atoms with Crippen LogP contribution in [0.15, 0.2) is 54.6 Å². The van der Waals surface area contributed by atoms with Crippen LogP contribution in [0.4, 0.5) is 0 Å². The molecule has 0 radical (unpaired) electrons. The van der Waals surface area contributed by atoms with Crippen molar-refractivity contribution in [1.29, 1.82) is 0 Å². The Kier molecular flexibility index (Phi) is 4.63. The number of ether oxygens (including phenoxy) is 1. The van der Waals surface area contributed by atoms with E-state index in [1.807, 2.05) is 48.2 Å². The number of hydrogen-bond acceptors (Lipinski definition) is 3. The van der Waals surface area contributed by atoms with E-state index in [0.717, 1.165) is 5.56 Å². The molecule has 23 heavy (non-hydrogen) atoms. The normalized spacial score (nSPS) is 21.2. The van der Waals surface area contributed by atoms with Gasteiger partial charge in [-0.25, -0.2) is 0 Å². The summed E-state index contributed by atoms with van der Waals surface area (Å²) in [4.78, 5) is 14.4. The maximum absolute atomic E-state index is 12.6. The summed E-state index contributed by atoms with van der Waals surface area (Å²) in [6, 6.07) is 16.9. The average Bonchev–Trinajstić information content (AvgIpc) is 2.57. The van der Waals surface area contributed by atoms with Gasteiger partial charge in [0.15, 0.2) is 0 Å². The highest BCUT2D eigenvalue weighted by atomic mass is 16.5. The number of morpholine rings is 1. The van der Waals surface area contributed by atoms with Crippen LogP contribution >= 0.6 is 0 Å². The summed E-state index contributed by atoms with van der Waals surface area (Å²) >= 11 is 0. The lowest BCUT2D eigenvalue weighted by atomic mass is 10.1. The predicted molar refractivity (Wildman–Crippen MR) is 88.1 cm³/mol. The number of phenolic OH excluding ortho intramolecular Hbond substituents is 1. The van der Waals surface area contributed by atoms with Gasteiger partial charge >= 0.3 is 0 Å². The van der Waals surface area contributed by atoms with E-state index < -0.39 is 0 Å². The van der Waals surface area contributed by atoms with Crippen molar-refractivity contribution in [2.75, 3.05) is 13.1 Å². The number of phenols is 1. The second kappa shape index (κ2) is 6.84. The molecule has 0 bridgehead atoms. The van der Waals surface area contributed by atoms with Crippen molar-refractivity contribution in [1.82, 2.24) is 4.90 Å². The molecule has 1 saturated heterocycles. The molecule has 1 aliphatic heterocycles. The molecule has 120 valence electrons. The Morgan fingerprint density at radius 2 is 1.83 bits per heavy atom. The molecule has 0 aromatic heterocycles. The first-order valence-electron chi connectivity index (χ1n) is 7.88. The van der Waals surface area contributed by atoms with E-state index >= 15 is 0 Å². The van der Waals surface area contributed by atoms with Crippen LogP contribution in [-0.2, 0) is 16.0 Å². The Bertz CT molecular complexity index is 671. The minimum Gasteiger partial charge on any atom is -0.508 e. The summed E-state index contributed by atoms with van der Waals surface area (Å²) in [5, 5.41) is 9.84. The van der Waals surface area contributed by atoms with Crippen LogP contribution in [0.3, 0.4) is 0 Å². The van der Waals surface area contributed by atoms with E-state index in [0.29, 0.717) is 18.7 Å². The highest BCUT2D eigenvalue weighted by Gasteiger charge is 2.29. The first-order chi connectivity index (χ1) is 11.1. The summed E-state index contributed by atoms with van der Waals surface area (Å²) in [5.74, 6) is 0.185. The van der Waals surface area contributed by atoms with E-state index in [2.05, 4.69) is 0 Å². The molecule has 2 atom stereocenters. The van der Waals surface area contributed by atoms with Gasteiger partial charge in [0.25, 0.3) is 0 Å². The number of carbonyl (C=O) groups excluding carboxylic acids is 1. The third kappa shape index (κ3) is 3.71. The first kappa shape index (κ1) is 15.6. The van der Waals surface area contributed by atoms with Gasteiger partial charge in [-0.15, -0.1) is 0 Å². The number of benzene rings is 2. The molecule has 0 saturated carbocycles. The molecule has 3 rings (SSSR count). The molecular formula is C19H21NO3. The van der Waals surface area contributed by atoms with Gasteiger partial charge in [0.05, 0.1) is 19.1 Å². The van der Waals surface area contributed by atoms with Crippen LogP contribution in [0.5, 0.6) is 5.75 Å². The molecule has 1 N–H and O–H groups in total. The van der Waals surface area contributed by atoms with Crippen LogP contribution in [0.2, 0.25) is 0 Å². The largest absolute Gasteiger partial charge is 0.508 e. The molecule has 1 amide bonds. The van der Waals surface area contributed by atoms with Gasteiger partial charge < -0.3 is 14.7 Å². The minimum absolute atomic E-state index is 0.0118. The van der Waals surface area contributed by atoms with Gasteiger partial charge in [0.1, 0.15) is 11.9 Å². The molecular weight excluding hydrogens is 290 g/mol. The number of rotatable bonds is 3. The fourth-order valence-corrected chi connectivity index (χ4v) is 2.94. The molecule has 1 aliphatic rings. The zero-order valence-electron chi connectivity index (χ0n) is 13.2. The lowest BCUT2D eigenvalue weighted by molar-refractivity contribution is -0.144. The van der Waals surface area contributed by atoms with Gasteiger partial charge in [0.2, 0.25) is 5.91 Å². The fraction of sp³-hybridized carbons (Fsp3) is 0.316. The lowest BCUT2D eigenvalue weighted by Gasteiger charge is -2.37. The van der Waals surface area contributed by atoms with Gasteiger partial charge in [-0.05, 0) is 18.6 Å². The number of hydrogen-bond donors (Lipinski definition) is 1. The molecule has 0 unspecified atom stereocenters. The van der Waals surface area contributed by atoms with E-state index in [-0.39, 0.29) is 30.3 Å². The van der Waals surface area contributed by atoms with Crippen molar-refractivity contribution in [3.8, 4) is 5.75 Å². The smallest absolute Gasteiger partial charge is 0.227 e. The highest BCUT2D eigenvalue weighted by Crippen LogP contribution is 2.26. The van der Waals surface area contributed by atoms with E-state index in [1.54, 1.807) is 18.2 Å². The zero-order valence-corrected chi connectivity index (χ0v) is 13.2. The summed E-state index contributed by atoms with van der Waals surface area (Å²) < 4.78 is 5.98. The van der Waals surface area contributed by atoms with Crippen molar-refractivity contribution in [3.05, 3.63) is 65.7 Å². The Labute approximate surface area is 136 Å². The van der Waals surface area contributed by atoms with E-state index in [4.69, 9.17) is 4.74 Å². The SMILES string of the molecule is C[C@@H]1CN(C(=O)Cc2ccccc2O)C[C@@H](c2ccccc2)O1. The van der Waals surface area contributed by atoms with Crippen LogP contribution < -0.4 is 0 Å². The standard InChI is InChI=1S/C19H21NO3/c1-14-12-20(13-18(23-14)15-7-3-2-4-8-15)19(22)11-16-9-5-6-10-17(16)21/h2-10,14,18,21H,11-13H2,1H3/t14-,18+/m1/s1. The molecule has 4 nitrogen and oxygen atoms in total. The molecule has 0 aliphatic carbocycles. The van der Waals surface area contributed by atoms with Gasteiger partial charge in [0, 0.05) is 12.1 Å². The third-order valence-electron chi connectivity index (χ3n) is 4.12. The topological polar surface area (TPSA) is 49.8 Å². The highest BCUT2D eigenvalue weighted by molar-refractivity contribution is 5.79. The Balaban J connectivity index is 1.72. The maximum Gasteiger partial charge on any atom is 0.227 e. The number of carbonyl (C=O) groups is 1. The summed E-state index contributed by atoms with van der Waals surface area (Å²) in [6.45, 7) is 3.10. The molecule has 0 spiro atoms. The minimum atomic E-state index is -0.103. The molecule has 4 heteroatoms. The summed E-state index contributed by atoms with van der Waals surface area (Å²) in [5.41, 5.74) is 1.74. The molecule has 1 fully saturated rings. The first-order valence-corrected chi connectivity index (χ1v) is 7.88. The van der Waals surface area contributed by atoms with Crippen molar-refractivity contribution < 1.29 is 14.6 Å². The van der Waals surface area contributed by atoms with E-state index in [1.165, 1.54) is 0 Å². The molecule has 2 aromatic rings. The second-order valence-electron chi connectivity index (χ2n) is 5.95. The number of nitrogens with zero attached hydrogens (tertiary/aromatic N) is 1. The van der Waals surface area contributed by atoms with Gasteiger partial charge in [-0.2, -0.15) is 0 Å².